The molecular formula is C28H38FN5O7S. The first-order chi connectivity index (χ1) is 19.4. The molecule has 4 rings (SSSR count). The summed E-state index contributed by atoms with van der Waals surface area (Å²) < 4.78 is 54.1. The topological polar surface area (TPSA) is 141 Å². The van der Waals surface area contributed by atoms with E-state index in [1.807, 2.05) is 0 Å². The average Bonchev–Trinajstić information content (AvgIpc) is 2.88. The molecular weight excluding hydrogens is 569 g/mol. The first-order valence-corrected chi connectivity index (χ1v) is 15.1. The van der Waals surface area contributed by atoms with Crippen molar-refractivity contribution in [2.24, 2.45) is 4.99 Å². The van der Waals surface area contributed by atoms with Gasteiger partial charge in [-0.05, 0) is 59.2 Å². The largest absolute Gasteiger partial charge is 0.504 e. The normalized spacial score (nSPS) is 21.5. The van der Waals surface area contributed by atoms with Crippen LogP contribution in [0.3, 0.4) is 0 Å². The number of amidine groups is 1. The predicted molar refractivity (Wildman–Crippen MR) is 152 cm³/mol. The third-order valence-electron chi connectivity index (χ3n) is 7.13. The molecule has 230 valence electrons. The Hall–Kier alpha value is -3.49. The minimum Gasteiger partial charge on any atom is -0.504 e. The predicted octanol–water partition coefficient (Wildman–Crippen LogP) is 2.88. The van der Waals surface area contributed by atoms with E-state index < -0.39 is 50.8 Å². The quantitative estimate of drug-likeness (QED) is 0.521. The molecule has 1 aromatic carbocycles. The van der Waals surface area contributed by atoms with Gasteiger partial charge in [-0.3, -0.25) is 4.79 Å². The van der Waals surface area contributed by atoms with Gasteiger partial charge in [-0.25, -0.2) is 22.6 Å². The Kier molecular flexibility index (Phi) is 8.46. The number of nitrogens with zero attached hydrogens (tertiary/aromatic N) is 4. The molecule has 3 aliphatic heterocycles. The number of rotatable bonds is 5. The fourth-order valence-corrected chi connectivity index (χ4v) is 6.72. The molecule has 0 bridgehead atoms. The number of hydrogen-bond donors (Lipinski definition) is 2. The number of aliphatic hydroxyl groups excluding tert-OH is 1. The highest BCUT2D eigenvalue weighted by molar-refractivity contribution is 7.89. The summed E-state index contributed by atoms with van der Waals surface area (Å²) in [5.41, 5.74) is -1.49. The number of benzene rings is 1. The van der Waals surface area contributed by atoms with Crippen LogP contribution < -0.4 is 5.32 Å². The van der Waals surface area contributed by atoms with Gasteiger partial charge in [-0.1, -0.05) is 12.6 Å². The van der Waals surface area contributed by atoms with Crippen LogP contribution in [0.5, 0.6) is 0 Å². The number of amides is 2. The summed E-state index contributed by atoms with van der Waals surface area (Å²) in [7, 11) is -4.22. The summed E-state index contributed by atoms with van der Waals surface area (Å²) >= 11 is 0. The smallest absolute Gasteiger partial charge is 0.410 e. The second-order valence-corrected chi connectivity index (χ2v) is 13.8. The number of aliphatic hydroxyl groups is 1. The molecule has 3 aliphatic rings. The van der Waals surface area contributed by atoms with Gasteiger partial charge in [-0.2, -0.15) is 4.31 Å². The van der Waals surface area contributed by atoms with E-state index in [4.69, 9.17) is 9.47 Å². The van der Waals surface area contributed by atoms with E-state index in [9.17, 15) is 27.5 Å². The number of halogens is 1. The zero-order valence-corrected chi connectivity index (χ0v) is 25.5. The molecule has 0 aromatic heterocycles. The summed E-state index contributed by atoms with van der Waals surface area (Å²) in [5.74, 6) is -1.53. The second kappa shape index (κ2) is 11.3. The van der Waals surface area contributed by atoms with Gasteiger partial charge in [0.05, 0.1) is 17.2 Å². The Morgan fingerprint density at radius 2 is 1.95 bits per heavy atom. The van der Waals surface area contributed by atoms with Crippen molar-refractivity contribution in [2.45, 2.75) is 70.2 Å². The van der Waals surface area contributed by atoms with Crippen LogP contribution in [-0.2, 0) is 30.8 Å². The van der Waals surface area contributed by atoms with E-state index in [2.05, 4.69) is 16.9 Å². The number of carbonyl (C=O) groups is 2. The van der Waals surface area contributed by atoms with Crippen LogP contribution >= 0.6 is 0 Å². The van der Waals surface area contributed by atoms with E-state index in [1.165, 1.54) is 15.3 Å². The SMILES string of the molecule is C=C1C(O)=C(C(=O)NCc2ccc(F)cc2S(=O)(=O)N2CCN(C(=O)OC(C)(C)C)[C@H](C)C2)N=C2N1CCOC2(C)C. The van der Waals surface area contributed by atoms with E-state index in [0.29, 0.717) is 19.0 Å². The number of aliphatic imine (C=N–C) groups is 1. The van der Waals surface area contributed by atoms with Crippen LogP contribution in [0.4, 0.5) is 9.18 Å². The number of piperazine rings is 1. The molecule has 3 heterocycles. The monoisotopic (exact) mass is 607 g/mol. The molecule has 2 amide bonds. The molecule has 1 aromatic rings. The Bertz CT molecular complexity index is 1470. The van der Waals surface area contributed by atoms with Gasteiger partial charge in [0.1, 0.15) is 22.9 Å². The molecule has 12 nitrogen and oxygen atoms in total. The molecule has 1 atom stereocenters. The second-order valence-electron chi connectivity index (χ2n) is 11.9. The first-order valence-electron chi connectivity index (χ1n) is 13.6. The highest BCUT2D eigenvalue weighted by Crippen LogP contribution is 2.31. The minimum absolute atomic E-state index is 0.0249. The number of ether oxygens (including phenoxy) is 2. The number of morpholine rings is 1. The molecule has 0 aliphatic carbocycles. The van der Waals surface area contributed by atoms with Crippen molar-refractivity contribution >= 4 is 27.9 Å². The molecule has 2 N–H and O–H groups in total. The first kappa shape index (κ1) is 31.4. The van der Waals surface area contributed by atoms with E-state index in [1.54, 1.807) is 46.4 Å². The lowest BCUT2D eigenvalue weighted by molar-refractivity contribution is -0.118. The van der Waals surface area contributed by atoms with Crippen LogP contribution in [0.2, 0.25) is 0 Å². The van der Waals surface area contributed by atoms with E-state index in [0.717, 1.165) is 12.1 Å². The molecule has 2 saturated heterocycles. The van der Waals surface area contributed by atoms with Crippen LogP contribution in [0, 0.1) is 5.82 Å². The zero-order valence-electron chi connectivity index (χ0n) is 24.7. The lowest BCUT2D eigenvalue weighted by Crippen LogP contribution is -2.56. The lowest BCUT2D eigenvalue weighted by Gasteiger charge is -2.43. The number of nitrogens with one attached hydrogen (secondary N) is 1. The summed E-state index contributed by atoms with van der Waals surface area (Å²) in [5, 5.41) is 13.3. The van der Waals surface area contributed by atoms with Crippen LogP contribution in [0.15, 0.2) is 51.8 Å². The van der Waals surface area contributed by atoms with Gasteiger partial charge in [0.2, 0.25) is 10.0 Å². The van der Waals surface area contributed by atoms with Crippen LogP contribution in [0.1, 0.15) is 47.1 Å². The highest BCUT2D eigenvalue weighted by atomic mass is 32.2. The number of fused-ring (bicyclic) bond motifs is 1. The van der Waals surface area contributed by atoms with E-state index in [-0.39, 0.29) is 48.0 Å². The molecule has 14 heteroatoms. The maximum Gasteiger partial charge on any atom is 0.410 e. The van der Waals surface area contributed by atoms with Gasteiger partial charge in [0.15, 0.2) is 11.5 Å². The summed E-state index contributed by atoms with van der Waals surface area (Å²) in [6.45, 7) is 14.9. The fraction of sp³-hybridized carbons (Fsp3) is 0.536. The van der Waals surface area contributed by atoms with Gasteiger partial charge in [-0.15, -0.1) is 0 Å². The maximum atomic E-state index is 14.3. The summed E-state index contributed by atoms with van der Waals surface area (Å²) in [6.07, 6.45) is -0.543. The standard InChI is InChI=1S/C28H38FN5O7S/c1-17-16-32(10-11-33(17)26(37)41-27(3,4)5)42(38,39)21-14-20(29)9-8-19(21)15-30-24(36)22-23(35)18(2)34-12-13-40-28(6,7)25(34)31-22/h8-9,14,17,35H,2,10-13,15-16H2,1,3-7H3,(H,30,36)/t17-/m1/s1. The fourth-order valence-electron chi connectivity index (χ4n) is 4.97. The van der Waals surface area contributed by atoms with Gasteiger partial charge < -0.3 is 29.7 Å². The number of carbonyl (C=O) groups excluding carboxylic acids is 2. The number of sulfonamides is 1. The Labute approximate surface area is 245 Å². The molecule has 42 heavy (non-hydrogen) atoms. The van der Waals surface area contributed by atoms with Gasteiger partial charge >= 0.3 is 6.09 Å². The lowest BCUT2D eigenvalue weighted by atomic mass is 10.0. The van der Waals surface area contributed by atoms with Gasteiger partial charge in [0.25, 0.3) is 5.91 Å². The molecule has 0 saturated carbocycles. The van der Waals surface area contributed by atoms with Crippen molar-refractivity contribution < 1.29 is 37.0 Å². The van der Waals surface area contributed by atoms with Crippen molar-refractivity contribution in [3.63, 3.8) is 0 Å². The molecule has 0 unspecified atom stereocenters. The minimum atomic E-state index is -4.22. The summed E-state index contributed by atoms with van der Waals surface area (Å²) in [6, 6.07) is 2.79. The van der Waals surface area contributed by atoms with Crippen molar-refractivity contribution in [1.82, 2.24) is 19.4 Å². The van der Waals surface area contributed by atoms with Crippen molar-refractivity contribution in [2.75, 3.05) is 32.8 Å². The maximum absolute atomic E-state index is 14.3. The number of hydrogen-bond acceptors (Lipinski definition) is 9. The Morgan fingerprint density at radius 3 is 2.60 bits per heavy atom. The Morgan fingerprint density at radius 1 is 1.26 bits per heavy atom. The molecule has 2 fully saturated rings. The molecule has 0 radical (unpaired) electrons. The molecule has 0 spiro atoms. The van der Waals surface area contributed by atoms with Crippen LogP contribution in [0.25, 0.3) is 0 Å². The third-order valence-corrected chi connectivity index (χ3v) is 9.08. The van der Waals surface area contributed by atoms with Crippen LogP contribution in [-0.4, -0.2) is 95.5 Å². The average molecular weight is 608 g/mol. The van der Waals surface area contributed by atoms with Crippen molar-refractivity contribution in [3.8, 4) is 0 Å². The van der Waals surface area contributed by atoms with Gasteiger partial charge in [0, 0.05) is 38.8 Å². The Balaban J connectivity index is 1.53. The summed E-state index contributed by atoms with van der Waals surface area (Å²) in [4.78, 5) is 32.9. The van der Waals surface area contributed by atoms with E-state index >= 15 is 0 Å². The zero-order chi connectivity index (χ0) is 31.2. The van der Waals surface area contributed by atoms with Crippen molar-refractivity contribution in [3.05, 3.63) is 53.3 Å². The van der Waals surface area contributed by atoms with Crippen molar-refractivity contribution in [1.29, 1.82) is 0 Å². The third kappa shape index (κ3) is 6.30. The highest BCUT2D eigenvalue weighted by Gasteiger charge is 2.41.